The Kier molecular flexibility index (Phi) is 3.09. The van der Waals surface area contributed by atoms with E-state index in [0.29, 0.717) is 6.61 Å². The summed E-state index contributed by atoms with van der Waals surface area (Å²) in [5.74, 6) is -0.166. The second-order valence-electron chi connectivity index (χ2n) is 2.93. The molecule has 12 heavy (non-hydrogen) atoms. The van der Waals surface area contributed by atoms with Gasteiger partial charge in [-0.15, -0.1) is 0 Å². The second kappa shape index (κ2) is 4.10. The van der Waals surface area contributed by atoms with Crippen molar-refractivity contribution in [3.63, 3.8) is 0 Å². The minimum Gasteiger partial charge on any atom is -0.463 e. The van der Waals surface area contributed by atoms with E-state index in [0.717, 1.165) is 18.4 Å². The van der Waals surface area contributed by atoms with E-state index in [1.807, 2.05) is 19.1 Å². The lowest BCUT2D eigenvalue weighted by atomic mass is 10.00. The third-order valence-electron chi connectivity index (χ3n) is 1.90. The zero-order valence-electron chi connectivity index (χ0n) is 7.59. The molecule has 1 rings (SSSR count). The van der Waals surface area contributed by atoms with Crippen LogP contribution in [0, 0.1) is 0 Å². The van der Waals surface area contributed by atoms with Gasteiger partial charge in [-0.25, -0.2) is 4.79 Å². The monoisotopic (exact) mass is 166 g/mol. The summed E-state index contributed by atoms with van der Waals surface area (Å²) >= 11 is 0. The molecule has 0 atom stereocenters. The molecule has 0 spiro atoms. The van der Waals surface area contributed by atoms with Gasteiger partial charge in [0.05, 0.1) is 6.61 Å². The van der Waals surface area contributed by atoms with Crippen molar-refractivity contribution in [3.05, 3.63) is 23.3 Å². The largest absolute Gasteiger partial charge is 0.463 e. The lowest BCUT2D eigenvalue weighted by molar-refractivity contribution is -0.138. The number of carbonyl (C=O) groups excluding carboxylic acids is 1. The van der Waals surface area contributed by atoms with Crippen molar-refractivity contribution in [2.24, 2.45) is 0 Å². The molecule has 0 aromatic rings. The van der Waals surface area contributed by atoms with Crippen molar-refractivity contribution < 1.29 is 9.53 Å². The first-order valence-electron chi connectivity index (χ1n) is 4.27. The molecular formula is C10H14O2. The average molecular weight is 166 g/mol. The molecule has 0 amide bonds. The average Bonchev–Trinajstić information content (AvgIpc) is 2.06. The topological polar surface area (TPSA) is 26.3 Å². The van der Waals surface area contributed by atoms with Gasteiger partial charge >= 0.3 is 5.97 Å². The molecule has 66 valence electrons. The molecule has 0 heterocycles. The lowest BCUT2D eigenvalue weighted by Gasteiger charge is -2.10. The zero-order chi connectivity index (χ0) is 8.97. The highest BCUT2D eigenvalue weighted by Crippen LogP contribution is 2.18. The van der Waals surface area contributed by atoms with E-state index in [2.05, 4.69) is 6.92 Å². The Bertz CT molecular complexity index is 236. The summed E-state index contributed by atoms with van der Waals surface area (Å²) in [5.41, 5.74) is 2.12. The number of hydrogen-bond donors (Lipinski definition) is 0. The van der Waals surface area contributed by atoms with Crippen molar-refractivity contribution in [1.82, 2.24) is 0 Å². The maximum absolute atomic E-state index is 11.2. The van der Waals surface area contributed by atoms with E-state index in [1.54, 1.807) is 0 Å². The Morgan fingerprint density at radius 1 is 1.50 bits per heavy atom. The molecule has 0 unspecified atom stereocenters. The summed E-state index contributed by atoms with van der Waals surface area (Å²) in [6, 6.07) is 0. The van der Waals surface area contributed by atoms with Crippen LogP contribution in [0.4, 0.5) is 0 Å². The number of carbonyl (C=O) groups is 1. The van der Waals surface area contributed by atoms with Gasteiger partial charge in [-0.1, -0.05) is 17.7 Å². The van der Waals surface area contributed by atoms with Gasteiger partial charge in [0, 0.05) is 5.57 Å². The standard InChI is InChI=1S/C10H14O2/c1-3-12-10(11)9-6-4-8(2)5-7-9/h4,6H,3,5,7H2,1-2H3. The van der Waals surface area contributed by atoms with Crippen LogP contribution in [0.2, 0.25) is 0 Å². The van der Waals surface area contributed by atoms with Crippen LogP contribution in [0.1, 0.15) is 26.7 Å². The van der Waals surface area contributed by atoms with Gasteiger partial charge in [0.15, 0.2) is 0 Å². The minimum absolute atomic E-state index is 0.166. The molecule has 2 nitrogen and oxygen atoms in total. The first-order chi connectivity index (χ1) is 5.74. The highest BCUT2D eigenvalue weighted by molar-refractivity contribution is 5.89. The summed E-state index contributed by atoms with van der Waals surface area (Å²) in [5, 5.41) is 0. The van der Waals surface area contributed by atoms with Gasteiger partial charge in [-0.2, -0.15) is 0 Å². The quantitative estimate of drug-likeness (QED) is 0.588. The Balaban J connectivity index is 2.59. The molecule has 2 heteroatoms. The molecule has 0 saturated carbocycles. The Hall–Kier alpha value is -1.05. The third kappa shape index (κ3) is 2.22. The van der Waals surface area contributed by atoms with Crippen molar-refractivity contribution >= 4 is 5.97 Å². The third-order valence-corrected chi connectivity index (χ3v) is 1.90. The first kappa shape index (κ1) is 9.04. The second-order valence-corrected chi connectivity index (χ2v) is 2.93. The fourth-order valence-corrected chi connectivity index (χ4v) is 1.14. The van der Waals surface area contributed by atoms with Gasteiger partial charge in [0.2, 0.25) is 0 Å². The van der Waals surface area contributed by atoms with Gasteiger partial charge in [-0.3, -0.25) is 0 Å². The number of esters is 1. The predicted molar refractivity (Wildman–Crippen MR) is 47.7 cm³/mol. The smallest absolute Gasteiger partial charge is 0.333 e. The summed E-state index contributed by atoms with van der Waals surface area (Å²) in [6.45, 7) is 4.35. The van der Waals surface area contributed by atoms with Crippen LogP contribution in [0.25, 0.3) is 0 Å². The van der Waals surface area contributed by atoms with Crippen molar-refractivity contribution in [2.75, 3.05) is 6.61 Å². The van der Waals surface area contributed by atoms with Gasteiger partial charge in [0.1, 0.15) is 0 Å². The SMILES string of the molecule is CCOC(=O)C1=CC=C(C)CC1. The summed E-state index contributed by atoms with van der Waals surface area (Å²) < 4.78 is 4.88. The molecule has 1 aliphatic rings. The van der Waals surface area contributed by atoms with Crippen LogP contribution in [-0.2, 0) is 9.53 Å². The van der Waals surface area contributed by atoms with Crippen LogP contribution >= 0.6 is 0 Å². The van der Waals surface area contributed by atoms with Crippen molar-refractivity contribution in [3.8, 4) is 0 Å². The Morgan fingerprint density at radius 2 is 2.25 bits per heavy atom. The van der Waals surface area contributed by atoms with Crippen LogP contribution in [0.15, 0.2) is 23.3 Å². The molecule has 0 bridgehead atoms. The highest BCUT2D eigenvalue weighted by Gasteiger charge is 2.11. The fourth-order valence-electron chi connectivity index (χ4n) is 1.14. The Labute approximate surface area is 72.9 Å². The predicted octanol–water partition coefficient (Wildman–Crippen LogP) is 2.22. The summed E-state index contributed by atoms with van der Waals surface area (Å²) in [4.78, 5) is 11.2. The molecular weight excluding hydrogens is 152 g/mol. The molecule has 0 aromatic heterocycles. The minimum atomic E-state index is -0.166. The lowest BCUT2D eigenvalue weighted by Crippen LogP contribution is -2.09. The van der Waals surface area contributed by atoms with E-state index in [9.17, 15) is 4.79 Å². The van der Waals surface area contributed by atoms with E-state index < -0.39 is 0 Å². The van der Waals surface area contributed by atoms with Crippen LogP contribution < -0.4 is 0 Å². The van der Waals surface area contributed by atoms with Gasteiger partial charge in [0.25, 0.3) is 0 Å². The van der Waals surface area contributed by atoms with Crippen LogP contribution in [0.5, 0.6) is 0 Å². The van der Waals surface area contributed by atoms with E-state index >= 15 is 0 Å². The highest BCUT2D eigenvalue weighted by atomic mass is 16.5. The van der Waals surface area contributed by atoms with E-state index in [1.165, 1.54) is 5.57 Å². The van der Waals surface area contributed by atoms with Gasteiger partial charge < -0.3 is 4.74 Å². The van der Waals surface area contributed by atoms with Crippen molar-refractivity contribution in [1.29, 1.82) is 0 Å². The van der Waals surface area contributed by atoms with Gasteiger partial charge in [-0.05, 0) is 26.7 Å². The normalized spacial score (nSPS) is 16.5. The number of rotatable bonds is 2. The molecule has 0 aliphatic heterocycles. The summed E-state index contributed by atoms with van der Waals surface area (Å²) in [7, 11) is 0. The number of hydrogen-bond acceptors (Lipinski definition) is 2. The maximum atomic E-state index is 11.2. The molecule has 0 N–H and O–H groups in total. The first-order valence-corrected chi connectivity index (χ1v) is 4.27. The molecule has 0 fully saturated rings. The number of allylic oxidation sites excluding steroid dienone is 3. The van der Waals surface area contributed by atoms with Crippen LogP contribution in [0.3, 0.4) is 0 Å². The number of ether oxygens (including phenoxy) is 1. The zero-order valence-corrected chi connectivity index (χ0v) is 7.59. The summed E-state index contributed by atoms with van der Waals surface area (Å²) in [6.07, 6.45) is 5.64. The maximum Gasteiger partial charge on any atom is 0.333 e. The van der Waals surface area contributed by atoms with Crippen molar-refractivity contribution in [2.45, 2.75) is 26.7 Å². The fraction of sp³-hybridized carbons (Fsp3) is 0.500. The molecule has 0 radical (unpaired) electrons. The van der Waals surface area contributed by atoms with E-state index in [-0.39, 0.29) is 5.97 Å². The molecule has 1 aliphatic carbocycles. The molecule has 0 aromatic carbocycles. The molecule has 0 saturated heterocycles. The Morgan fingerprint density at radius 3 is 2.75 bits per heavy atom. The van der Waals surface area contributed by atoms with Crippen LogP contribution in [-0.4, -0.2) is 12.6 Å². The van der Waals surface area contributed by atoms with E-state index in [4.69, 9.17) is 4.74 Å².